The maximum atomic E-state index is 10.00. The van der Waals surface area contributed by atoms with E-state index in [2.05, 4.69) is 49.0 Å². The smallest absolute Gasteiger partial charge is 0.108 e. The summed E-state index contributed by atoms with van der Waals surface area (Å²) in [5.41, 5.74) is 4.31. The highest BCUT2D eigenvalue weighted by Crippen LogP contribution is 2.50. The second-order valence-electron chi connectivity index (χ2n) is 5.64. The van der Waals surface area contributed by atoms with Crippen LogP contribution in [0.2, 0.25) is 0 Å². The van der Waals surface area contributed by atoms with Crippen molar-refractivity contribution in [3.63, 3.8) is 0 Å². The molecule has 21 heavy (non-hydrogen) atoms. The molecule has 0 amide bonds. The number of fused-ring (bicyclic) bond motifs is 3. The SMILES string of the molecule is C=CCCCCC1(C#N)c2ccccc2-c2ccccc21. The molecule has 0 fully saturated rings. The molecule has 0 atom stereocenters. The van der Waals surface area contributed by atoms with Crippen molar-refractivity contribution in [1.29, 1.82) is 5.26 Å². The van der Waals surface area contributed by atoms with Gasteiger partial charge in [0, 0.05) is 0 Å². The molecule has 0 saturated heterocycles. The molecule has 1 heteroatoms. The molecule has 0 radical (unpaired) electrons. The Bertz CT molecular complexity index is 660. The van der Waals surface area contributed by atoms with Gasteiger partial charge in [-0.25, -0.2) is 0 Å². The minimum atomic E-state index is -0.478. The summed E-state index contributed by atoms with van der Waals surface area (Å²) in [6.07, 6.45) is 5.99. The van der Waals surface area contributed by atoms with Crippen LogP contribution in [0.15, 0.2) is 61.2 Å². The highest BCUT2D eigenvalue weighted by Gasteiger charge is 2.42. The highest BCUT2D eigenvalue weighted by atomic mass is 14.5. The first-order valence-electron chi connectivity index (χ1n) is 7.55. The van der Waals surface area contributed by atoms with Crippen LogP contribution in [-0.2, 0) is 5.41 Å². The Morgan fingerprint density at radius 1 is 0.952 bits per heavy atom. The minimum absolute atomic E-state index is 0.478. The molecule has 1 aliphatic carbocycles. The highest BCUT2D eigenvalue weighted by molar-refractivity contribution is 5.82. The largest absolute Gasteiger partial charge is 0.197 e. The lowest BCUT2D eigenvalue weighted by atomic mass is 9.75. The van der Waals surface area contributed by atoms with Crippen molar-refractivity contribution in [2.45, 2.75) is 31.1 Å². The summed E-state index contributed by atoms with van der Waals surface area (Å²) in [6, 6.07) is 19.3. The zero-order valence-electron chi connectivity index (χ0n) is 12.2. The quantitative estimate of drug-likeness (QED) is 0.541. The molecule has 2 aromatic rings. The van der Waals surface area contributed by atoms with Gasteiger partial charge >= 0.3 is 0 Å². The molecule has 1 nitrogen and oxygen atoms in total. The lowest BCUT2D eigenvalue weighted by Crippen LogP contribution is -2.22. The van der Waals surface area contributed by atoms with Crippen LogP contribution in [0.5, 0.6) is 0 Å². The van der Waals surface area contributed by atoms with E-state index in [0.717, 1.165) is 25.7 Å². The molecular formula is C20H19N. The summed E-state index contributed by atoms with van der Waals surface area (Å²) < 4.78 is 0. The normalized spacial score (nSPS) is 14.0. The van der Waals surface area contributed by atoms with E-state index < -0.39 is 5.41 Å². The zero-order chi connectivity index (χ0) is 14.7. The van der Waals surface area contributed by atoms with Gasteiger partial charge in [0.05, 0.1) is 6.07 Å². The molecule has 3 rings (SSSR count). The third kappa shape index (κ3) is 2.08. The standard InChI is InChI=1S/C20H19N/c1-2-3-4-9-14-20(15-21)18-12-7-5-10-16(18)17-11-6-8-13-19(17)20/h2,5-8,10-13H,1,3-4,9,14H2. The van der Waals surface area contributed by atoms with Crippen LogP contribution in [0, 0.1) is 11.3 Å². The van der Waals surface area contributed by atoms with Gasteiger partial charge in [0.25, 0.3) is 0 Å². The van der Waals surface area contributed by atoms with E-state index in [1.54, 1.807) is 0 Å². The molecule has 0 unspecified atom stereocenters. The van der Waals surface area contributed by atoms with Crippen LogP contribution in [0.1, 0.15) is 36.8 Å². The fraction of sp³-hybridized carbons (Fsp3) is 0.250. The van der Waals surface area contributed by atoms with Crippen LogP contribution in [0.3, 0.4) is 0 Å². The topological polar surface area (TPSA) is 23.8 Å². The van der Waals surface area contributed by atoms with E-state index in [4.69, 9.17) is 0 Å². The van der Waals surface area contributed by atoms with E-state index in [9.17, 15) is 5.26 Å². The molecule has 1 aliphatic rings. The summed E-state index contributed by atoms with van der Waals surface area (Å²) in [6.45, 7) is 3.77. The average Bonchev–Trinajstić information content (AvgIpc) is 2.83. The van der Waals surface area contributed by atoms with Crippen LogP contribution in [0.25, 0.3) is 11.1 Å². The Morgan fingerprint density at radius 2 is 1.52 bits per heavy atom. The number of unbranched alkanes of at least 4 members (excludes halogenated alkanes) is 2. The van der Waals surface area contributed by atoms with Gasteiger partial charge in [-0.2, -0.15) is 5.26 Å². The van der Waals surface area contributed by atoms with Gasteiger partial charge in [-0.3, -0.25) is 0 Å². The maximum Gasteiger partial charge on any atom is 0.108 e. The Labute approximate surface area is 126 Å². The molecule has 104 valence electrons. The number of nitriles is 1. The first-order chi connectivity index (χ1) is 10.3. The number of hydrogen-bond acceptors (Lipinski definition) is 1. The van der Waals surface area contributed by atoms with Gasteiger partial charge in [0.15, 0.2) is 0 Å². The van der Waals surface area contributed by atoms with Gasteiger partial charge in [0.2, 0.25) is 0 Å². The van der Waals surface area contributed by atoms with Gasteiger partial charge < -0.3 is 0 Å². The van der Waals surface area contributed by atoms with E-state index in [1.807, 2.05) is 18.2 Å². The lowest BCUT2D eigenvalue weighted by molar-refractivity contribution is 0.555. The first kappa shape index (κ1) is 13.6. The second-order valence-corrected chi connectivity index (χ2v) is 5.64. The molecule has 0 spiro atoms. The van der Waals surface area contributed by atoms with Crippen molar-refractivity contribution >= 4 is 0 Å². The Hall–Kier alpha value is -2.33. The molecule has 0 heterocycles. The van der Waals surface area contributed by atoms with Crippen molar-refractivity contribution in [1.82, 2.24) is 0 Å². The van der Waals surface area contributed by atoms with E-state index in [0.29, 0.717) is 0 Å². The summed E-state index contributed by atoms with van der Waals surface area (Å²) in [5, 5.41) is 10.00. The predicted octanol–water partition coefficient (Wildman–Crippen LogP) is 5.22. The molecule has 0 bridgehead atoms. The number of nitrogens with zero attached hydrogens (tertiary/aromatic N) is 1. The fourth-order valence-electron chi connectivity index (χ4n) is 3.45. The molecule has 0 N–H and O–H groups in total. The van der Waals surface area contributed by atoms with Crippen molar-refractivity contribution in [3.05, 3.63) is 72.3 Å². The van der Waals surface area contributed by atoms with Crippen molar-refractivity contribution in [2.24, 2.45) is 0 Å². The van der Waals surface area contributed by atoms with Crippen molar-refractivity contribution < 1.29 is 0 Å². The van der Waals surface area contributed by atoms with E-state index >= 15 is 0 Å². The third-order valence-corrected chi connectivity index (χ3v) is 4.46. The molecule has 0 aromatic heterocycles. The van der Waals surface area contributed by atoms with Gasteiger partial charge in [-0.15, -0.1) is 6.58 Å². The van der Waals surface area contributed by atoms with Gasteiger partial charge in [-0.05, 0) is 41.5 Å². The number of rotatable bonds is 5. The molecule has 0 saturated carbocycles. The van der Waals surface area contributed by atoms with Crippen molar-refractivity contribution in [3.8, 4) is 17.2 Å². The summed E-state index contributed by atoms with van der Waals surface area (Å²) >= 11 is 0. The molecule has 0 aliphatic heterocycles. The number of benzene rings is 2. The Morgan fingerprint density at radius 3 is 2.05 bits per heavy atom. The summed E-state index contributed by atoms with van der Waals surface area (Å²) in [5.74, 6) is 0. The second kappa shape index (κ2) is 5.58. The van der Waals surface area contributed by atoms with Gasteiger partial charge in [0.1, 0.15) is 5.41 Å². The fourth-order valence-corrected chi connectivity index (χ4v) is 3.45. The minimum Gasteiger partial charge on any atom is -0.197 e. The van der Waals surface area contributed by atoms with Crippen molar-refractivity contribution in [2.75, 3.05) is 0 Å². The summed E-state index contributed by atoms with van der Waals surface area (Å²) in [7, 11) is 0. The maximum absolute atomic E-state index is 10.00. The first-order valence-corrected chi connectivity index (χ1v) is 7.55. The van der Waals surface area contributed by atoms with Crippen LogP contribution in [0.4, 0.5) is 0 Å². The van der Waals surface area contributed by atoms with Crippen LogP contribution >= 0.6 is 0 Å². The molecular weight excluding hydrogens is 254 g/mol. The van der Waals surface area contributed by atoms with Crippen LogP contribution < -0.4 is 0 Å². The lowest BCUT2D eigenvalue weighted by Gasteiger charge is -2.24. The van der Waals surface area contributed by atoms with Crippen LogP contribution in [-0.4, -0.2) is 0 Å². The number of allylic oxidation sites excluding steroid dienone is 1. The Balaban J connectivity index is 2.07. The average molecular weight is 273 g/mol. The third-order valence-electron chi connectivity index (χ3n) is 4.46. The van der Waals surface area contributed by atoms with Gasteiger partial charge in [-0.1, -0.05) is 61.0 Å². The Kier molecular flexibility index (Phi) is 3.62. The molecule has 2 aromatic carbocycles. The number of hydrogen-bond donors (Lipinski definition) is 0. The monoisotopic (exact) mass is 273 g/mol. The van der Waals surface area contributed by atoms with E-state index in [1.165, 1.54) is 22.3 Å². The predicted molar refractivity (Wildman–Crippen MR) is 86.9 cm³/mol. The zero-order valence-corrected chi connectivity index (χ0v) is 12.2. The summed E-state index contributed by atoms with van der Waals surface area (Å²) in [4.78, 5) is 0. The van der Waals surface area contributed by atoms with E-state index in [-0.39, 0.29) is 0 Å².